The van der Waals surface area contributed by atoms with Crippen LogP contribution in [0.15, 0.2) is 36.4 Å². The normalized spacial score (nSPS) is 10.9. The third-order valence-corrected chi connectivity index (χ3v) is 4.48. The number of nitrogens with zero attached hydrogens (tertiary/aromatic N) is 1. The van der Waals surface area contributed by atoms with Crippen LogP contribution in [0.5, 0.6) is 11.5 Å². The number of amides is 1. The summed E-state index contributed by atoms with van der Waals surface area (Å²) in [5.74, 6) is 0.959. The molecule has 0 fully saturated rings. The van der Waals surface area contributed by atoms with E-state index in [0.29, 0.717) is 17.1 Å². The molecule has 3 rings (SSSR count). The summed E-state index contributed by atoms with van der Waals surface area (Å²) < 4.78 is 12.1. The van der Waals surface area contributed by atoms with Gasteiger partial charge in [-0.25, -0.2) is 4.98 Å². The number of carbonyl (C=O) groups is 1. The Balaban J connectivity index is 1.81. The van der Waals surface area contributed by atoms with E-state index in [4.69, 9.17) is 9.47 Å². The predicted molar refractivity (Wildman–Crippen MR) is 101 cm³/mol. The highest BCUT2D eigenvalue weighted by Crippen LogP contribution is 2.30. The van der Waals surface area contributed by atoms with Gasteiger partial charge in [-0.3, -0.25) is 4.79 Å². The molecule has 1 amide bonds. The maximum Gasteiger partial charge on any atom is 0.255 e. The van der Waals surface area contributed by atoms with Gasteiger partial charge in [-0.15, -0.1) is 11.3 Å². The van der Waals surface area contributed by atoms with E-state index >= 15 is 0 Å². The van der Waals surface area contributed by atoms with Crippen LogP contribution in [0.25, 0.3) is 10.2 Å². The lowest BCUT2D eigenvalue weighted by Gasteiger charge is -2.14. The Morgan fingerprint density at radius 3 is 2.68 bits per heavy atom. The molecule has 6 heteroatoms. The number of methoxy groups -OCH3 is 1. The molecule has 1 heterocycles. The molecule has 1 aromatic heterocycles. The van der Waals surface area contributed by atoms with Crippen LogP contribution in [0.3, 0.4) is 0 Å². The van der Waals surface area contributed by atoms with Crippen molar-refractivity contribution in [3.05, 3.63) is 47.0 Å². The summed E-state index contributed by atoms with van der Waals surface area (Å²) in [4.78, 5) is 17.0. The van der Waals surface area contributed by atoms with Crippen molar-refractivity contribution in [3.63, 3.8) is 0 Å². The van der Waals surface area contributed by atoms with E-state index in [1.807, 2.05) is 39.0 Å². The second-order valence-electron chi connectivity index (χ2n) is 5.90. The van der Waals surface area contributed by atoms with Crippen molar-refractivity contribution >= 4 is 33.1 Å². The molecular formula is C19H20N2O3S. The molecule has 0 radical (unpaired) electrons. The van der Waals surface area contributed by atoms with Gasteiger partial charge in [-0.2, -0.15) is 0 Å². The Labute approximate surface area is 150 Å². The molecule has 0 spiro atoms. The van der Waals surface area contributed by atoms with Crippen molar-refractivity contribution in [2.45, 2.75) is 26.9 Å². The lowest BCUT2D eigenvalue weighted by atomic mass is 10.1. The highest BCUT2D eigenvalue weighted by molar-refractivity contribution is 7.18. The van der Waals surface area contributed by atoms with E-state index in [2.05, 4.69) is 10.3 Å². The van der Waals surface area contributed by atoms with Crippen LogP contribution in [0.1, 0.15) is 29.2 Å². The van der Waals surface area contributed by atoms with Gasteiger partial charge in [0.2, 0.25) is 0 Å². The van der Waals surface area contributed by atoms with E-state index in [-0.39, 0.29) is 12.0 Å². The molecule has 0 aliphatic heterocycles. The molecule has 0 saturated carbocycles. The number of thiazole rings is 1. The summed E-state index contributed by atoms with van der Waals surface area (Å²) in [7, 11) is 1.56. The van der Waals surface area contributed by atoms with Crippen molar-refractivity contribution in [3.8, 4) is 11.5 Å². The number of aryl methyl sites for hydroxylation is 1. The van der Waals surface area contributed by atoms with Crippen LogP contribution < -0.4 is 14.8 Å². The Bertz CT molecular complexity index is 918. The second kappa shape index (κ2) is 7.11. The third-order valence-electron chi connectivity index (χ3n) is 3.54. The minimum Gasteiger partial charge on any atom is -0.493 e. The zero-order valence-corrected chi connectivity index (χ0v) is 15.4. The lowest BCUT2D eigenvalue weighted by Crippen LogP contribution is -2.12. The maximum absolute atomic E-state index is 12.5. The van der Waals surface area contributed by atoms with Gasteiger partial charge in [0.25, 0.3) is 5.91 Å². The number of fused-ring (bicyclic) bond motifs is 1. The minimum atomic E-state index is -0.199. The summed E-state index contributed by atoms with van der Waals surface area (Å²) in [6.45, 7) is 5.85. The first-order valence-corrected chi connectivity index (χ1v) is 8.81. The molecule has 0 aliphatic rings. The molecule has 0 atom stereocenters. The van der Waals surface area contributed by atoms with E-state index < -0.39 is 0 Å². The number of benzene rings is 2. The van der Waals surface area contributed by atoms with E-state index in [9.17, 15) is 4.79 Å². The quantitative estimate of drug-likeness (QED) is 0.723. The molecule has 0 unspecified atom stereocenters. The number of carbonyl (C=O) groups excluding carboxylic acids is 1. The first kappa shape index (κ1) is 17.2. The van der Waals surface area contributed by atoms with Crippen molar-refractivity contribution < 1.29 is 14.3 Å². The highest BCUT2D eigenvalue weighted by atomic mass is 32.1. The Morgan fingerprint density at radius 1 is 1.16 bits per heavy atom. The average molecular weight is 356 g/mol. The molecule has 0 aliphatic carbocycles. The van der Waals surface area contributed by atoms with Crippen LogP contribution in [-0.4, -0.2) is 24.1 Å². The van der Waals surface area contributed by atoms with Gasteiger partial charge in [0.05, 0.1) is 28.4 Å². The van der Waals surface area contributed by atoms with E-state index in [1.165, 1.54) is 0 Å². The highest BCUT2D eigenvalue weighted by Gasteiger charge is 2.13. The SMILES string of the molecule is COc1cc(C(=O)Nc2ccc3nc(C)sc3c2)ccc1OC(C)C. The lowest BCUT2D eigenvalue weighted by molar-refractivity contribution is 0.102. The monoisotopic (exact) mass is 356 g/mol. The molecule has 3 aromatic rings. The summed E-state index contributed by atoms with van der Waals surface area (Å²) in [5, 5.41) is 3.92. The smallest absolute Gasteiger partial charge is 0.255 e. The van der Waals surface area contributed by atoms with Crippen LogP contribution in [0.2, 0.25) is 0 Å². The summed E-state index contributed by atoms with van der Waals surface area (Å²) in [5.41, 5.74) is 2.19. The van der Waals surface area contributed by atoms with Gasteiger partial charge in [0.15, 0.2) is 11.5 Å². The number of ether oxygens (including phenoxy) is 2. The third kappa shape index (κ3) is 3.91. The zero-order valence-electron chi connectivity index (χ0n) is 14.6. The summed E-state index contributed by atoms with van der Waals surface area (Å²) in [6.07, 6.45) is 0.0307. The number of aromatic nitrogens is 1. The molecule has 25 heavy (non-hydrogen) atoms. The Morgan fingerprint density at radius 2 is 1.96 bits per heavy atom. The van der Waals surface area contributed by atoms with Gasteiger partial charge in [-0.05, 0) is 57.2 Å². The summed E-state index contributed by atoms with van der Waals surface area (Å²) in [6, 6.07) is 10.9. The molecule has 2 aromatic carbocycles. The first-order chi connectivity index (χ1) is 12.0. The molecular weight excluding hydrogens is 336 g/mol. The minimum absolute atomic E-state index is 0.0307. The molecule has 5 nitrogen and oxygen atoms in total. The largest absolute Gasteiger partial charge is 0.493 e. The second-order valence-corrected chi connectivity index (χ2v) is 7.14. The zero-order chi connectivity index (χ0) is 18.0. The topological polar surface area (TPSA) is 60.5 Å². The van der Waals surface area contributed by atoms with Gasteiger partial charge in [0, 0.05) is 11.3 Å². The number of hydrogen-bond donors (Lipinski definition) is 1. The predicted octanol–water partition coefficient (Wildman–Crippen LogP) is 4.65. The van der Waals surface area contributed by atoms with Gasteiger partial charge in [-0.1, -0.05) is 0 Å². The van der Waals surface area contributed by atoms with Crippen LogP contribution >= 0.6 is 11.3 Å². The van der Waals surface area contributed by atoms with Crippen molar-refractivity contribution in [1.82, 2.24) is 4.98 Å². The molecule has 130 valence electrons. The Hall–Kier alpha value is -2.60. The van der Waals surface area contributed by atoms with Crippen LogP contribution in [0.4, 0.5) is 5.69 Å². The van der Waals surface area contributed by atoms with E-state index in [0.717, 1.165) is 20.9 Å². The number of hydrogen-bond acceptors (Lipinski definition) is 5. The average Bonchev–Trinajstić information content (AvgIpc) is 2.94. The van der Waals surface area contributed by atoms with Gasteiger partial charge in [0.1, 0.15) is 0 Å². The van der Waals surface area contributed by atoms with Crippen molar-refractivity contribution in [2.24, 2.45) is 0 Å². The fourth-order valence-electron chi connectivity index (χ4n) is 2.48. The number of anilines is 1. The van der Waals surface area contributed by atoms with Gasteiger partial charge >= 0.3 is 0 Å². The van der Waals surface area contributed by atoms with Crippen molar-refractivity contribution in [1.29, 1.82) is 0 Å². The first-order valence-electron chi connectivity index (χ1n) is 7.99. The Kier molecular flexibility index (Phi) is 4.90. The van der Waals surface area contributed by atoms with Crippen molar-refractivity contribution in [2.75, 3.05) is 12.4 Å². The number of nitrogens with one attached hydrogen (secondary N) is 1. The number of rotatable bonds is 5. The molecule has 1 N–H and O–H groups in total. The standard InChI is InChI=1S/C19H20N2O3S/c1-11(2)24-16-8-5-13(9-17(16)23-4)19(22)21-14-6-7-15-18(10-14)25-12(3)20-15/h5-11H,1-4H3,(H,21,22). The van der Waals surface area contributed by atoms with Gasteiger partial charge < -0.3 is 14.8 Å². The molecule has 0 bridgehead atoms. The van der Waals surface area contributed by atoms with Crippen LogP contribution in [-0.2, 0) is 0 Å². The van der Waals surface area contributed by atoms with E-state index in [1.54, 1.807) is 36.6 Å². The van der Waals surface area contributed by atoms with Crippen LogP contribution in [0, 0.1) is 6.92 Å². The fraction of sp³-hybridized carbons (Fsp3) is 0.263. The molecule has 0 saturated heterocycles. The fourth-order valence-corrected chi connectivity index (χ4v) is 3.35. The maximum atomic E-state index is 12.5. The summed E-state index contributed by atoms with van der Waals surface area (Å²) >= 11 is 1.60.